The number of carbonyl (C=O) groups is 1. The van der Waals surface area contributed by atoms with Crippen LogP contribution in [0, 0.1) is 0 Å². The number of carbonyl (C=O) groups excluding carboxylic acids is 1. The fourth-order valence-corrected chi connectivity index (χ4v) is 5.68. The molecule has 1 aliphatic rings. The fourth-order valence-electron chi connectivity index (χ4n) is 4.18. The van der Waals surface area contributed by atoms with Crippen molar-refractivity contribution in [2.24, 2.45) is 0 Å². The molecule has 1 saturated heterocycles. The molecule has 3 aromatic heterocycles. The Morgan fingerprint density at radius 1 is 1.11 bits per heavy atom. The number of ether oxygens (including phenoxy) is 1. The van der Waals surface area contributed by atoms with E-state index in [-0.39, 0.29) is 21.5 Å². The van der Waals surface area contributed by atoms with Crippen LogP contribution >= 0.6 is 11.3 Å². The molecule has 1 aromatic carbocycles. The highest BCUT2D eigenvalue weighted by atomic mass is 32.2. The highest BCUT2D eigenvalue weighted by molar-refractivity contribution is 7.90. The van der Waals surface area contributed by atoms with Gasteiger partial charge in [0.05, 0.1) is 5.56 Å². The zero-order valence-corrected chi connectivity index (χ0v) is 22.3. The minimum atomic E-state index is -3.76. The van der Waals surface area contributed by atoms with Gasteiger partial charge in [-0.25, -0.2) is 13.4 Å². The van der Waals surface area contributed by atoms with E-state index in [1.165, 1.54) is 23.6 Å². The quantitative estimate of drug-likeness (QED) is 0.330. The summed E-state index contributed by atoms with van der Waals surface area (Å²) in [4.78, 5) is 23.4. The van der Waals surface area contributed by atoms with Crippen LogP contribution in [0.4, 0.5) is 5.13 Å². The number of hydrogen-bond donors (Lipinski definition) is 1. The lowest BCUT2D eigenvalue weighted by Crippen LogP contribution is -2.29. The summed E-state index contributed by atoms with van der Waals surface area (Å²) in [7, 11) is -3.76. The van der Waals surface area contributed by atoms with Gasteiger partial charge in [0, 0.05) is 37.0 Å². The molecule has 1 atom stereocenters. The molecule has 0 radical (unpaired) electrons. The second-order valence-electron chi connectivity index (χ2n) is 8.93. The van der Waals surface area contributed by atoms with Crippen LogP contribution in [0.5, 0.6) is 5.88 Å². The maximum Gasteiger partial charge on any atom is 0.259 e. The molecule has 10 nitrogen and oxygen atoms in total. The van der Waals surface area contributed by atoms with E-state index in [1.807, 2.05) is 30.3 Å². The largest absolute Gasteiger partial charge is 0.467 e. The van der Waals surface area contributed by atoms with Gasteiger partial charge in [0.2, 0.25) is 11.0 Å². The molecule has 1 aliphatic heterocycles. The van der Waals surface area contributed by atoms with E-state index in [9.17, 15) is 13.2 Å². The fraction of sp³-hybridized carbons (Fsp3) is 0.269. The minimum Gasteiger partial charge on any atom is -0.467 e. The van der Waals surface area contributed by atoms with E-state index in [2.05, 4.69) is 30.4 Å². The van der Waals surface area contributed by atoms with Gasteiger partial charge in [-0.2, -0.15) is 0 Å². The SMILES string of the molecule is CS(=O)(=O)c1cc(C(=O)Nc2nnc(-c3ccncc3)s2)cnc1OC(CN1CCCC1)c1ccccc1. The van der Waals surface area contributed by atoms with E-state index < -0.39 is 21.8 Å². The van der Waals surface area contributed by atoms with Crippen molar-refractivity contribution >= 4 is 32.2 Å². The first-order valence-corrected chi connectivity index (χ1v) is 14.8. The van der Waals surface area contributed by atoms with E-state index in [4.69, 9.17) is 4.74 Å². The monoisotopic (exact) mass is 550 g/mol. The number of aromatic nitrogens is 4. The Kier molecular flexibility index (Phi) is 7.72. The molecule has 1 amide bonds. The van der Waals surface area contributed by atoms with Gasteiger partial charge in [-0.3, -0.25) is 20.0 Å². The second-order valence-corrected chi connectivity index (χ2v) is 11.9. The van der Waals surface area contributed by atoms with Gasteiger partial charge in [0.25, 0.3) is 5.91 Å². The van der Waals surface area contributed by atoms with Crippen molar-refractivity contribution in [2.45, 2.75) is 23.8 Å². The molecule has 0 saturated carbocycles. The number of amides is 1. The maximum absolute atomic E-state index is 13.0. The molecule has 0 spiro atoms. The van der Waals surface area contributed by atoms with Crippen molar-refractivity contribution < 1.29 is 17.9 Å². The lowest BCUT2D eigenvalue weighted by molar-refractivity contribution is 0.102. The van der Waals surface area contributed by atoms with Crippen molar-refractivity contribution in [1.82, 2.24) is 25.1 Å². The average Bonchev–Trinajstić information content (AvgIpc) is 3.61. The number of pyridine rings is 2. The number of sulfone groups is 1. The number of hydrogen-bond acceptors (Lipinski definition) is 10. The van der Waals surface area contributed by atoms with Crippen LogP contribution in [-0.4, -0.2) is 65.3 Å². The zero-order chi connectivity index (χ0) is 26.5. The third-order valence-electron chi connectivity index (χ3n) is 6.10. The molecule has 0 aliphatic carbocycles. The van der Waals surface area contributed by atoms with Gasteiger partial charge in [0.1, 0.15) is 16.0 Å². The van der Waals surface area contributed by atoms with Crippen molar-refractivity contribution in [3.05, 3.63) is 78.2 Å². The Hall–Kier alpha value is -3.74. The van der Waals surface area contributed by atoms with Crippen LogP contribution < -0.4 is 10.1 Å². The Morgan fingerprint density at radius 2 is 1.84 bits per heavy atom. The zero-order valence-electron chi connectivity index (χ0n) is 20.6. The maximum atomic E-state index is 13.0. The molecular weight excluding hydrogens is 524 g/mol. The van der Waals surface area contributed by atoms with Crippen LogP contribution in [0.2, 0.25) is 0 Å². The number of rotatable bonds is 9. The van der Waals surface area contributed by atoms with Gasteiger partial charge < -0.3 is 4.74 Å². The lowest BCUT2D eigenvalue weighted by Gasteiger charge is -2.25. The summed E-state index contributed by atoms with van der Waals surface area (Å²) in [5.41, 5.74) is 1.81. The Morgan fingerprint density at radius 3 is 2.55 bits per heavy atom. The number of likely N-dealkylation sites (tertiary alicyclic amines) is 1. The van der Waals surface area contributed by atoms with Gasteiger partial charge in [-0.15, -0.1) is 10.2 Å². The van der Waals surface area contributed by atoms with Crippen LogP contribution in [0.3, 0.4) is 0 Å². The first-order chi connectivity index (χ1) is 18.4. The van der Waals surface area contributed by atoms with Gasteiger partial charge in [-0.05, 0) is 49.7 Å². The van der Waals surface area contributed by atoms with Crippen LogP contribution in [-0.2, 0) is 9.84 Å². The predicted molar refractivity (Wildman–Crippen MR) is 144 cm³/mol. The molecule has 1 unspecified atom stereocenters. The van der Waals surface area contributed by atoms with E-state index in [0.717, 1.165) is 43.3 Å². The number of nitrogens with one attached hydrogen (secondary N) is 1. The standard InChI is InChI=1S/C26H26N6O4S2/c1-38(34,35)22-15-20(23(33)29-26-31-30-25(37-26)19-9-11-27-12-10-19)16-28-24(22)36-21(17-32-13-5-6-14-32)18-7-3-2-4-8-18/h2-4,7-12,15-16,21H,5-6,13-14,17H2,1H3,(H,29,31,33). The van der Waals surface area contributed by atoms with Crippen LogP contribution in [0.25, 0.3) is 10.6 Å². The van der Waals surface area contributed by atoms with E-state index in [1.54, 1.807) is 24.5 Å². The number of anilines is 1. The van der Waals surface area contributed by atoms with Gasteiger partial charge in [-0.1, -0.05) is 41.7 Å². The lowest BCUT2D eigenvalue weighted by atomic mass is 10.1. The number of benzene rings is 1. The molecule has 1 N–H and O–H groups in total. The van der Waals surface area contributed by atoms with Crippen molar-refractivity contribution in [3.8, 4) is 16.5 Å². The topological polar surface area (TPSA) is 127 Å². The molecule has 38 heavy (non-hydrogen) atoms. The minimum absolute atomic E-state index is 0.0343. The summed E-state index contributed by atoms with van der Waals surface area (Å²) in [6, 6.07) is 14.5. The van der Waals surface area contributed by atoms with E-state index in [0.29, 0.717) is 11.6 Å². The molecule has 1 fully saturated rings. The Balaban J connectivity index is 1.38. The Bertz CT molecular complexity index is 1510. The Labute approximate surface area is 224 Å². The van der Waals surface area contributed by atoms with Gasteiger partial charge in [0.15, 0.2) is 9.84 Å². The molecular formula is C26H26N6O4S2. The first kappa shape index (κ1) is 25.9. The highest BCUT2D eigenvalue weighted by Crippen LogP contribution is 2.30. The van der Waals surface area contributed by atoms with E-state index >= 15 is 0 Å². The smallest absolute Gasteiger partial charge is 0.259 e. The second kappa shape index (κ2) is 11.3. The normalized spacial score (nSPS) is 14.8. The highest BCUT2D eigenvalue weighted by Gasteiger charge is 2.26. The summed E-state index contributed by atoms with van der Waals surface area (Å²) >= 11 is 1.19. The summed E-state index contributed by atoms with van der Waals surface area (Å²) in [6.07, 6.45) is 7.49. The summed E-state index contributed by atoms with van der Waals surface area (Å²) in [6.45, 7) is 2.54. The number of nitrogens with zero attached hydrogens (tertiary/aromatic N) is 5. The van der Waals surface area contributed by atoms with Crippen LogP contribution in [0.1, 0.15) is 34.9 Å². The van der Waals surface area contributed by atoms with Crippen LogP contribution in [0.15, 0.2) is 72.0 Å². The third kappa shape index (κ3) is 6.21. The molecule has 5 rings (SSSR count). The first-order valence-electron chi connectivity index (χ1n) is 12.1. The molecule has 12 heteroatoms. The molecule has 4 aromatic rings. The summed E-state index contributed by atoms with van der Waals surface area (Å²) in [5.74, 6) is -0.587. The van der Waals surface area contributed by atoms with Crippen molar-refractivity contribution in [1.29, 1.82) is 0 Å². The van der Waals surface area contributed by atoms with Crippen molar-refractivity contribution in [2.75, 3.05) is 31.2 Å². The average molecular weight is 551 g/mol. The molecule has 196 valence electrons. The van der Waals surface area contributed by atoms with Crippen molar-refractivity contribution in [3.63, 3.8) is 0 Å². The predicted octanol–water partition coefficient (Wildman–Crippen LogP) is 3.87. The third-order valence-corrected chi connectivity index (χ3v) is 8.08. The molecule has 4 heterocycles. The van der Waals surface area contributed by atoms with Gasteiger partial charge >= 0.3 is 0 Å². The summed E-state index contributed by atoms with van der Waals surface area (Å²) in [5, 5.41) is 11.7. The summed E-state index contributed by atoms with van der Waals surface area (Å²) < 4.78 is 31.7. The molecule has 0 bridgehead atoms.